The molecule has 1 aliphatic carbocycles. The summed E-state index contributed by atoms with van der Waals surface area (Å²) in [4.78, 5) is 0. The summed E-state index contributed by atoms with van der Waals surface area (Å²) >= 11 is 4.33. The van der Waals surface area contributed by atoms with Crippen LogP contribution in [0.4, 0.5) is 0 Å². The Bertz CT molecular complexity index is 97.7. The first-order valence-corrected chi connectivity index (χ1v) is 5.25. The highest BCUT2D eigenvalue weighted by molar-refractivity contribution is 7.80. The van der Waals surface area contributed by atoms with Gasteiger partial charge in [-0.15, -0.1) is 0 Å². The highest BCUT2D eigenvalue weighted by atomic mass is 32.1. The van der Waals surface area contributed by atoms with E-state index < -0.39 is 0 Å². The normalized spacial score (nSPS) is 32.2. The Balaban J connectivity index is 2.14. The molecule has 0 saturated heterocycles. The quantitative estimate of drug-likeness (QED) is 0.622. The summed E-state index contributed by atoms with van der Waals surface area (Å²) < 4.78 is 0. The number of rotatable bonds is 3. The molecule has 0 bridgehead atoms. The summed E-state index contributed by atoms with van der Waals surface area (Å²) in [5.74, 6) is 2.94. The van der Waals surface area contributed by atoms with Gasteiger partial charge in [-0.3, -0.25) is 0 Å². The van der Waals surface area contributed by atoms with Gasteiger partial charge in [0.1, 0.15) is 0 Å². The van der Waals surface area contributed by atoms with Crippen molar-refractivity contribution in [3.8, 4) is 0 Å². The summed E-state index contributed by atoms with van der Waals surface area (Å²) in [5.41, 5.74) is 0. The molecule has 1 N–H and O–H groups in total. The molecule has 0 aromatic rings. The van der Waals surface area contributed by atoms with Crippen molar-refractivity contribution in [2.24, 2.45) is 11.8 Å². The van der Waals surface area contributed by atoms with Crippen molar-refractivity contribution in [1.82, 2.24) is 5.32 Å². The molecule has 0 radical (unpaired) electrons. The highest BCUT2D eigenvalue weighted by Gasteiger charge is 2.18. The van der Waals surface area contributed by atoms with Crippen LogP contribution in [0.2, 0.25) is 0 Å². The maximum Gasteiger partial charge on any atom is -0.00235 e. The van der Waals surface area contributed by atoms with Crippen LogP contribution in [0.15, 0.2) is 0 Å². The molecule has 11 heavy (non-hydrogen) atoms. The minimum absolute atomic E-state index is 0.909. The molecule has 0 spiro atoms. The zero-order valence-electron chi connectivity index (χ0n) is 7.34. The Morgan fingerprint density at radius 3 is 2.18 bits per heavy atom. The standard InChI is InChI=1S/C9H19NS/c1-10-6-8-2-4-9(7-11)5-3-8/h8-11H,2-7H2,1H3. The van der Waals surface area contributed by atoms with E-state index in [-0.39, 0.29) is 0 Å². The van der Waals surface area contributed by atoms with Crippen LogP contribution in [0.1, 0.15) is 25.7 Å². The SMILES string of the molecule is CNCC1CCC(CS)CC1. The van der Waals surface area contributed by atoms with Crippen LogP contribution in [-0.2, 0) is 0 Å². The van der Waals surface area contributed by atoms with Crippen LogP contribution in [-0.4, -0.2) is 19.3 Å². The van der Waals surface area contributed by atoms with Gasteiger partial charge in [-0.2, -0.15) is 12.6 Å². The molecule has 1 nitrogen and oxygen atoms in total. The third-order valence-corrected chi connectivity index (χ3v) is 3.23. The monoisotopic (exact) mass is 173 g/mol. The fourth-order valence-corrected chi connectivity index (χ4v) is 2.27. The maximum absolute atomic E-state index is 4.33. The zero-order valence-corrected chi connectivity index (χ0v) is 8.24. The largest absolute Gasteiger partial charge is 0.319 e. The van der Waals surface area contributed by atoms with Gasteiger partial charge in [0.15, 0.2) is 0 Å². The molecule has 1 aliphatic rings. The minimum atomic E-state index is 0.909. The zero-order chi connectivity index (χ0) is 8.10. The molecule has 0 unspecified atom stereocenters. The molecule has 0 atom stereocenters. The van der Waals surface area contributed by atoms with E-state index in [1.807, 2.05) is 7.05 Å². The van der Waals surface area contributed by atoms with Gasteiger partial charge in [0.2, 0.25) is 0 Å². The predicted octanol–water partition coefficient (Wildman–Crippen LogP) is 1.94. The Labute approximate surface area is 75.4 Å². The number of hydrogen-bond acceptors (Lipinski definition) is 2. The first-order chi connectivity index (χ1) is 5.36. The first kappa shape index (κ1) is 9.40. The molecule has 1 fully saturated rings. The minimum Gasteiger partial charge on any atom is -0.319 e. The van der Waals surface area contributed by atoms with Gasteiger partial charge in [-0.25, -0.2) is 0 Å². The molecule has 0 aliphatic heterocycles. The van der Waals surface area contributed by atoms with Gasteiger partial charge in [-0.05, 0) is 56.9 Å². The molecule has 0 aromatic heterocycles. The van der Waals surface area contributed by atoms with Gasteiger partial charge in [0.25, 0.3) is 0 Å². The molecular formula is C9H19NS. The first-order valence-electron chi connectivity index (χ1n) is 4.62. The summed E-state index contributed by atoms with van der Waals surface area (Å²) in [6.07, 6.45) is 5.61. The Hall–Kier alpha value is 0.310. The molecular weight excluding hydrogens is 154 g/mol. The second kappa shape index (κ2) is 5.04. The van der Waals surface area contributed by atoms with Crippen molar-refractivity contribution in [1.29, 1.82) is 0 Å². The van der Waals surface area contributed by atoms with E-state index in [1.165, 1.54) is 32.2 Å². The molecule has 0 amide bonds. The second-order valence-electron chi connectivity index (χ2n) is 3.63. The third kappa shape index (κ3) is 3.04. The summed E-state index contributed by atoms with van der Waals surface area (Å²) in [7, 11) is 2.05. The average Bonchev–Trinajstić information content (AvgIpc) is 2.07. The number of thiol groups is 1. The average molecular weight is 173 g/mol. The Morgan fingerprint density at radius 2 is 1.73 bits per heavy atom. The van der Waals surface area contributed by atoms with Crippen molar-refractivity contribution in [2.75, 3.05) is 19.3 Å². The lowest BCUT2D eigenvalue weighted by molar-refractivity contribution is 0.289. The predicted molar refractivity (Wildman–Crippen MR) is 53.2 cm³/mol. The highest BCUT2D eigenvalue weighted by Crippen LogP contribution is 2.28. The van der Waals surface area contributed by atoms with E-state index in [0.29, 0.717) is 0 Å². The van der Waals surface area contributed by atoms with Gasteiger partial charge >= 0.3 is 0 Å². The summed E-state index contributed by atoms with van der Waals surface area (Å²) in [5, 5.41) is 3.25. The molecule has 2 heteroatoms. The van der Waals surface area contributed by atoms with Crippen molar-refractivity contribution in [3.05, 3.63) is 0 Å². The topological polar surface area (TPSA) is 12.0 Å². The van der Waals surface area contributed by atoms with E-state index in [1.54, 1.807) is 0 Å². The van der Waals surface area contributed by atoms with E-state index in [0.717, 1.165) is 17.6 Å². The van der Waals surface area contributed by atoms with E-state index >= 15 is 0 Å². The third-order valence-electron chi connectivity index (χ3n) is 2.72. The van der Waals surface area contributed by atoms with Crippen molar-refractivity contribution in [2.45, 2.75) is 25.7 Å². The summed E-state index contributed by atoms with van der Waals surface area (Å²) in [6, 6.07) is 0. The van der Waals surface area contributed by atoms with Crippen LogP contribution in [0.25, 0.3) is 0 Å². The van der Waals surface area contributed by atoms with Crippen molar-refractivity contribution < 1.29 is 0 Å². The van der Waals surface area contributed by atoms with Crippen molar-refractivity contribution >= 4 is 12.6 Å². The fraction of sp³-hybridized carbons (Fsp3) is 1.00. The fourth-order valence-electron chi connectivity index (χ4n) is 1.91. The molecule has 0 heterocycles. The molecule has 1 saturated carbocycles. The van der Waals surface area contributed by atoms with E-state index in [4.69, 9.17) is 0 Å². The molecule has 66 valence electrons. The maximum atomic E-state index is 4.33. The van der Waals surface area contributed by atoms with Crippen LogP contribution in [0, 0.1) is 11.8 Å². The van der Waals surface area contributed by atoms with Gasteiger partial charge in [0.05, 0.1) is 0 Å². The van der Waals surface area contributed by atoms with Crippen molar-refractivity contribution in [3.63, 3.8) is 0 Å². The summed E-state index contributed by atoms with van der Waals surface area (Å²) in [6.45, 7) is 1.21. The number of hydrogen-bond donors (Lipinski definition) is 2. The van der Waals surface area contributed by atoms with E-state index in [2.05, 4.69) is 17.9 Å². The van der Waals surface area contributed by atoms with Crippen LogP contribution >= 0.6 is 12.6 Å². The molecule has 0 aromatic carbocycles. The van der Waals surface area contributed by atoms with Crippen LogP contribution in [0.3, 0.4) is 0 Å². The van der Waals surface area contributed by atoms with Crippen LogP contribution in [0.5, 0.6) is 0 Å². The second-order valence-corrected chi connectivity index (χ2v) is 3.99. The van der Waals surface area contributed by atoms with E-state index in [9.17, 15) is 0 Å². The van der Waals surface area contributed by atoms with Gasteiger partial charge in [-0.1, -0.05) is 0 Å². The van der Waals surface area contributed by atoms with Gasteiger partial charge < -0.3 is 5.32 Å². The van der Waals surface area contributed by atoms with Crippen LogP contribution < -0.4 is 5.32 Å². The smallest absolute Gasteiger partial charge is 0.00235 e. The van der Waals surface area contributed by atoms with Gasteiger partial charge in [0, 0.05) is 0 Å². The lowest BCUT2D eigenvalue weighted by Crippen LogP contribution is -2.24. The lowest BCUT2D eigenvalue weighted by atomic mass is 9.83. The Kier molecular flexibility index (Phi) is 4.31. The molecule has 1 rings (SSSR count). The lowest BCUT2D eigenvalue weighted by Gasteiger charge is -2.27. The number of nitrogens with one attached hydrogen (secondary N) is 1. The Morgan fingerprint density at radius 1 is 1.18 bits per heavy atom.